The van der Waals surface area contributed by atoms with E-state index in [1.807, 2.05) is 6.92 Å². The molecule has 0 aromatic carbocycles. The summed E-state index contributed by atoms with van der Waals surface area (Å²) in [5.74, 6) is 33.8. The number of carbonyl (C=O) groups excluding carboxylic acids is 1. The molecule has 0 heterocycles. The average Bonchev–Trinajstić information content (AvgIpc) is 2.51. The molecule has 1 N–H and O–H groups in total. The standard InChI is InChI=1S/C20H9NO/c1-3-5-6-7-8-9-10-11-12-13-14-15-16-17-19-21-20(22)18-4-2/h1H,4,18H2,2H3,(H,21,22). The Kier molecular flexibility index (Phi) is 12.2. The van der Waals surface area contributed by atoms with Gasteiger partial charge < -0.3 is 0 Å². The first-order chi connectivity index (χ1) is 10.8. The molecule has 22 heavy (non-hydrogen) atoms. The van der Waals surface area contributed by atoms with Gasteiger partial charge in [-0.05, 0) is 47.9 Å². The van der Waals surface area contributed by atoms with E-state index in [0.29, 0.717) is 6.42 Å². The lowest BCUT2D eigenvalue weighted by molar-refractivity contribution is -0.119. The zero-order valence-electron chi connectivity index (χ0n) is 11.9. The van der Waals surface area contributed by atoms with Crippen molar-refractivity contribution < 1.29 is 4.79 Å². The fourth-order valence-electron chi connectivity index (χ4n) is 0.802. The van der Waals surface area contributed by atoms with Gasteiger partial charge in [-0.3, -0.25) is 10.1 Å². The second-order valence-electron chi connectivity index (χ2n) is 3.19. The van der Waals surface area contributed by atoms with E-state index in [0.717, 1.165) is 6.42 Å². The molecule has 0 fully saturated rings. The Morgan fingerprint density at radius 2 is 1.18 bits per heavy atom. The molecule has 0 unspecified atom stereocenters. The molecular weight excluding hydrogens is 270 g/mol. The first-order valence-corrected chi connectivity index (χ1v) is 6.05. The van der Waals surface area contributed by atoms with Gasteiger partial charge in [0.2, 0.25) is 5.91 Å². The van der Waals surface area contributed by atoms with Crippen LogP contribution in [0.25, 0.3) is 0 Å². The van der Waals surface area contributed by atoms with Crippen LogP contribution in [0.1, 0.15) is 19.8 Å². The molecule has 0 atom stereocenters. The summed E-state index contributed by atoms with van der Waals surface area (Å²) >= 11 is 0. The lowest BCUT2D eigenvalue weighted by Gasteiger charge is -1.90. The second kappa shape index (κ2) is 15.0. The van der Waals surface area contributed by atoms with Gasteiger partial charge in [-0.2, -0.15) is 0 Å². The molecule has 2 nitrogen and oxygen atoms in total. The molecule has 0 aromatic rings. The first-order valence-electron chi connectivity index (χ1n) is 6.05. The molecule has 0 aliphatic carbocycles. The highest BCUT2D eigenvalue weighted by atomic mass is 16.1. The van der Waals surface area contributed by atoms with Crippen LogP contribution in [0.5, 0.6) is 0 Å². The van der Waals surface area contributed by atoms with Crippen molar-refractivity contribution in [2.24, 2.45) is 0 Å². The number of rotatable bonds is 2. The number of terminal acetylenes is 1. The van der Waals surface area contributed by atoms with Gasteiger partial charge in [-0.15, -0.1) is 6.42 Å². The predicted molar refractivity (Wildman–Crippen MR) is 86.3 cm³/mol. The zero-order chi connectivity index (χ0) is 16.3. The minimum atomic E-state index is -0.124. The lowest BCUT2D eigenvalue weighted by Crippen LogP contribution is -2.16. The van der Waals surface area contributed by atoms with Crippen LogP contribution >= 0.6 is 0 Å². The summed E-state index contributed by atoms with van der Waals surface area (Å²) in [7, 11) is 0. The molecule has 2 heteroatoms. The largest absolute Gasteiger partial charge is 0.284 e. The molecular formula is C20H9NO. The quantitative estimate of drug-likeness (QED) is 0.579. The number of carbonyl (C=O) groups is 1. The van der Waals surface area contributed by atoms with Crippen LogP contribution in [0.3, 0.4) is 0 Å². The second-order valence-corrected chi connectivity index (χ2v) is 3.19. The van der Waals surface area contributed by atoms with E-state index in [1.54, 1.807) is 0 Å². The molecule has 0 aliphatic heterocycles. The Morgan fingerprint density at radius 3 is 1.59 bits per heavy atom. The van der Waals surface area contributed by atoms with Crippen LogP contribution in [0.15, 0.2) is 0 Å². The van der Waals surface area contributed by atoms with Crippen LogP contribution in [0, 0.1) is 95.4 Å². The van der Waals surface area contributed by atoms with Crippen molar-refractivity contribution in [1.29, 1.82) is 0 Å². The van der Waals surface area contributed by atoms with Gasteiger partial charge in [-0.1, -0.05) is 6.92 Å². The van der Waals surface area contributed by atoms with Gasteiger partial charge in [0.05, 0.1) is 0 Å². The summed E-state index contributed by atoms with van der Waals surface area (Å²) in [5.41, 5.74) is 0. The number of amides is 1. The maximum atomic E-state index is 11.0. The van der Waals surface area contributed by atoms with E-state index in [4.69, 9.17) is 6.42 Å². The predicted octanol–water partition coefficient (Wildman–Crippen LogP) is 0.517. The van der Waals surface area contributed by atoms with E-state index in [-0.39, 0.29) is 5.91 Å². The summed E-state index contributed by atoms with van der Waals surface area (Å²) in [6, 6.07) is 2.42. The van der Waals surface area contributed by atoms with Crippen molar-refractivity contribution in [2.45, 2.75) is 19.8 Å². The molecule has 0 saturated heterocycles. The Hall–Kier alpha value is -4.05. The lowest BCUT2D eigenvalue weighted by atomic mass is 10.3. The molecule has 100 valence electrons. The van der Waals surface area contributed by atoms with E-state index < -0.39 is 0 Å². The highest BCUT2D eigenvalue weighted by Crippen LogP contribution is 1.83. The molecule has 0 aliphatic rings. The van der Waals surface area contributed by atoms with E-state index in [9.17, 15) is 4.79 Å². The van der Waals surface area contributed by atoms with Crippen LogP contribution in [-0.2, 0) is 4.79 Å². The number of hydrogen-bond acceptors (Lipinski definition) is 1. The van der Waals surface area contributed by atoms with Crippen LogP contribution in [0.2, 0.25) is 0 Å². The van der Waals surface area contributed by atoms with Crippen molar-refractivity contribution >= 4 is 5.91 Å². The third-order valence-corrected chi connectivity index (χ3v) is 1.56. The monoisotopic (exact) mass is 279 g/mol. The van der Waals surface area contributed by atoms with E-state index in [2.05, 4.69) is 94.2 Å². The normalized spacial score (nSPS) is 5.27. The van der Waals surface area contributed by atoms with Crippen LogP contribution in [-0.4, -0.2) is 5.91 Å². The molecule has 0 rings (SSSR count). The molecule has 0 aromatic heterocycles. The minimum absolute atomic E-state index is 0.124. The fraction of sp³-hybridized carbons (Fsp3) is 0.150. The Balaban J connectivity index is 4.24. The van der Waals surface area contributed by atoms with E-state index in [1.165, 1.54) is 0 Å². The Bertz CT molecular complexity index is 879. The number of nitrogens with one attached hydrogen (secondary N) is 1. The summed E-state index contributed by atoms with van der Waals surface area (Å²) in [5, 5.41) is 2.40. The first kappa shape index (κ1) is 17.9. The van der Waals surface area contributed by atoms with Crippen molar-refractivity contribution in [3.8, 4) is 95.4 Å². The summed E-state index contributed by atoms with van der Waals surface area (Å²) < 4.78 is 0. The van der Waals surface area contributed by atoms with Gasteiger partial charge in [0, 0.05) is 53.9 Å². The van der Waals surface area contributed by atoms with Gasteiger partial charge in [0.25, 0.3) is 0 Å². The highest BCUT2D eigenvalue weighted by Gasteiger charge is 1.92. The Morgan fingerprint density at radius 1 is 0.773 bits per heavy atom. The highest BCUT2D eigenvalue weighted by molar-refractivity contribution is 5.77. The summed E-state index contributed by atoms with van der Waals surface area (Å²) in [6.07, 6.45) is 6.12. The third-order valence-electron chi connectivity index (χ3n) is 1.56. The summed E-state index contributed by atoms with van der Waals surface area (Å²) in [6.45, 7) is 1.91. The maximum absolute atomic E-state index is 11.0. The fourth-order valence-corrected chi connectivity index (χ4v) is 0.802. The van der Waals surface area contributed by atoms with Gasteiger partial charge in [0.1, 0.15) is 0 Å². The topological polar surface area (TPSA) is 29.1 Å². The molecule has 0 spiro atoms. The van der Waals surface area contributed by atoms with Gasteiger partial charge in [0.15, 0.2) is 0 Å². The van der Waals surface area contributed by atoms with Crippen molar-refractivity contribution in [2.75, 3.05) is 0 Å². The van der Waals surface area contributed by atoms with Crippen molar-refractivity contribution in [3.05, 3.63) is 0 Å². The van der Waals surface area contributed by atoms with Crippen molar-refractivity contribution in [1.82, 2.24) is 5.32 Å². The smallest absolute Gasteiger partial charge is 0.231 e. The number of hydrogen-bond donors (Lipinski definition) is 1. The maximum Gasteiger partial charge on any atom is 0.231 e. The molecule has 0 bridgehead atoms. The minimum Gasteiger partial charge on any atom is -0.284 e. The van der Waals surface area contributed by atoms with Gasteiger partial charge in [-0.25, -0.2) is 0 Å². The Labute approximate surface area is 131 Å². The average molecular weight is 279 g/mol. The third kappa shape index (κ3) is 14.0. The van der Waals surface area contributed by atoms with Crippen molar-refractivity contribution in [3.63, 3.8) is 0 Å². The van der Waals surface area contributed by atoms with E-state index >= 15 is 0 Å². The van der Waals surface area contributed by atoms with Crippen LogP contribution < -0.4 is 5.32 Å². The molecule has 0 saturated carbocycles. The summed E-state index contributed by atoms with van der Waals surface area (Å²) in [4.78, 5) is 11.0. The molecule has 1 amide bonds. The van der Waals surface area contributed by atoms with Crippen LogP contribution in [0.4, 0.5) is 0 Å². The van der Waals surface area contributed by atoms with Gasteiger partial charge >= 0.3 is 0 Å². The zero-order valence-corrected chi connectivity index (χ0v) is 11.9. The molecule has 0 radical (unpaired) electrons. The SMILES string of the molecule is C#CC#CC#CC#CC#CC#CC#CC#CNC(=O)CCC.